The van der Waals surface area contributed by atoms with E-state index in [4.69, 9.17) is 4.74 Å². The number of hydrogen-bond donors (Lipinski definition) is 2. The highest BCUT2D eigenvalue weighted by Gasteiger charge is 2.05. The summed E-state index contributed by atoms with van der Waals surface area (Å²) in [5.41, 5.74) is 1.15. The third-order valence-electron chi connectivity index (χ3n) is 2.94. The van der Waals surface area contributed by atoms with Gasteiger partial charge in [0.25, 0.3) is 0 Å². The van der Waals surface area contributed by atoms with E-state index in [0.717, 1.165) is 42.8 Å². The van der Waals surface area contributed by atoms with E-state index < -0.39 is 0 Å². The minimum absolute atomic E-state index is 0. The maximum atomic E-state index is 5.53. The average Bonchev–Trinajstić information content (AvgIpc) is 2.93. The molecule has 1 rings (SSSR count). The van der Waals surface area contributed by atoms with Crippen molar-refractivity contribution in [2.75, 3.05) is 19.7 Å². The molecule has 2 N–H and O–H groups in total. The molecule has 7 heteroatoms. The van der Waals surface area contributed by atoms with Crippen molar-refractivity contribution in [2.45, 2.75) is 59.6 Å². The van der Waals surface area contributed by atoms with Crippen LogP contribution in [0.4, 0.5) is 0 Å². The number of thiazole rings is 1. The quantitative estimate of drug-likeness (QED) is 0.258. The summed E-state index contributed by atoms with van der Waals surface area (Å²) in [5.74, 6) is 1.31. The molecule has 0 aliphatic rings. The molecule has 0 saturated carbocycles. The van der Waals surface area contributed by atoms with Crippen LogP contribution in [0.1, 0.15) is 57.7 Å². The first-order chi connectivity index (χ1) is 10.5. The van der Waals surface area contributed by atoms with Crippen molar-refractivity contribution in [1.29, 1.82) is 0 Å². The lowest BCUT2D eigenvalue weighted by molar-refractivity contribution is 0.0776. The van der Waals surface area contributed by atoms with Crippen molar-refractivity contribution in [1.82, 2.24) is 15.6 Å². The van der Waals surface area contributed by atoms with E-state index >= 15 is 0 Å². The van der Waals surface area contributed by atoms with E-state index in [2.05, 4.69) is 60.6 Å². The lowest BCUT2D eigenvalue weighted by Gasteiger charge is -2.12. The topological polar surface area (TPSA) is 58.5 Å². The van der Waals surface area contributed by atoms with Crippen LogP contribution in [0, 0.1) is 0 Å². The predicted molar refractivity (Wildman–Crippen MR) is 110 cm³/mol. The van der Waals surface area contributed by atoms with Crippen molar-refractivity contribution in [3.05, 3.63) is 16.1 Å². The molecule has 0 unspecified atom stereocenters. The van der Waals surface area contributed by atoms with Gasteiger partial charge in [0, 0.05) is 25.1 Å². The van der Waals surface area contributed by atoms with Crippen molar-refractivity contribution in [2.24, 2.45) is 4.99 Å². The molecule has 0 atom stereocenters. The SMILES string of the molecule is CCNC(=NCc1nc(C(C)C)cs1)NCCCOC(C)C.I. The molecule has 0 aliphatic carbocycles. The summed E-state index contributed by atoms with van der Waals surface area (Å²) < 4.78 is 5.53. The fourth-order valence-electron chi connectivity index (χ4n) is 1.75. The Morgan fingerprint density at radius 1 is 1.30 bits per heavy atom. The van der Waals surface area contributed by atoms with Gasteiger partial charge in [0.2, 0.25) is 0 Å². The van der Waals surface area contributed by atoms with Gasteiger partial charge < -0.3 is 15.4 Å². The minimum atomic E-state index is 0. The van der Waals surface area contributed by atoms with Crippen LogP contribution in [0.25, 0.3) is 0 Å². The van der Waals surface area contributed by atoms with Crippen LogP contribution in [-0.2, 0) is 11.3 Å². The average molecular weight is 454 g/mol. The van der Waals surface area contributed by atoms with E-state index in [1.54, 1.807) is 11.3 Å². The molecule has 0 amide bonds. The molecule has 1 aromatic rings. The molecule has 0 saturated heterocycles. The molecule has 1 aromatic heterocycles. The van der Waals surface area contributed by atoms with E-state index in [-0.39, 0.29) is 24.0 Å². The van der Waals surface area contributed by atoms with Gasteiger partial charge in [-0.1, -0.05) is 13.8 Å². The molecule has 23 heavy (non-hydrogen) atoms. The van der Waals surface area contributed by atoms with Gasteiger partial charge in [-0.25, -0.2) is 9.98 Å². The summed E-state index contributed by atoms with van der Waals surface area (Å²) in [6.45, 7) is 13.6. The number of aromatic nitrogens is 1. The molecule has 0 aromatic carbocycles. The van der Waals surface area contributed by atoms with Gasteiger partial charge in [-0.3, -0.25) is 0 Å². The number of guanidine groups is 1. The zero-order valence-electron chi connectivity index (χ0n) is 14.9. The Morgan fingerprint density at radius 3 is 2.61 bits per heavy atom. The van der Waals surface area contributed by atoms with Gasteiger partial charge >= 0.3 is 0 Å². The number of aliphatic imine (C=N–C) groups is 1. The summed E-state index contributed by atoms with van der Waals surface area (Å²) in [6.07, 6.45) is 1.26. The summed E-state index contributed by atoms with van der Waals surface area (Å²) in [4.78, 5) is 9.20. The monoisotopic (exact) mass is 454 g/mol. The van der Waals surface area contributed by atoms with Crippen LogP contribution in [0.2, 0.25) is 0 Å². The van der Waals surface area contributed by atoms with E-state index in [1.807, 2.05) is 0 Å². The van der Waals surface area contributed by atoms with E-state index in [1.165, 1.54) is 0 Å². The second-order valence-corrected chi connectivity index (χ2v) is 6.66. The van der Waals surface area contributed by atoms with Gasteiger partial charge in [-0.15, -0.1) is 35.3 Å². The number of halogens is 1. The highest BCUT2D eigenvalue weighted by molar-refractivity contribution is 14.0. The first-order valence-electron chi connectivity index (χ1n) is 8.11. The zero-order chi connectivity index (χ0) is 16.4. The smallest absolute Gasteiger partial charge is 0.191 e. The fourth-order valence-corrected chi connectivity index (χ4v) is 2.63. The van der Waals surface area contributed by atoms with Crippen LogP contribution in [0.15, 0.2) is 10.4 Å². The third-order valence-corrected chi connectivity index (χ3v) is 3.79. The first-order valence-corrected chi connectivity index (χ1v) is 8.99. The first kappa shape index (κ1) is 22.6. The van der Waals surface area contributed by atoms with Crippen molar-refractivity contribution < 1.29 is 4.74 Å². The molecule has 134 valence electrons. The Balaban J connectivity index is 0.00000484. The fraction of sp³-hybridized carbons (Fsp3) is 0.750. The van der Waals surface area contributed by atoms with Crippen molar-refractivity contribution in [3.63, 3.8) is 0 Å². The lowest BCUT2D eigenvalue weighted by Crippen LogP contribution is -2.38. The number of nitrogens with zero attached hydrogens (tertiary/aromatic N) is 2. The highest BCUT2D eigenvalue weighted by atomic mass is 127. The zero-order valence-corrected chi connectivity index (χ0v) is 18.0. The number of ether oxygens (including phenoxy) is 1. The van der Waals surface area contributed by atoms with Crippen LogP contribution in [0.3, 0.4) is 0 Å². The molecular formula is C16H31IN4OS. The highest BCUT2D eigenvalue weighted by Crippen LogP contribution is 2.18. The van der Waals surface area contributed by atoms with E-state index in [9.17, 15) is 0 Å². The Hall–Kier alpha value is -0.410. The van der Waals surface area contributed by atoms with Gasteiger partial charge in [0.05, 0.1) is 18.3 Å². The molecule has 0 radical (unpaired) electrons. The summed E-state index contributed by atoms with van der Waals surface area (Å²) >= 11 is 1.68. The van der Waals surface area contributed by atoms with Gasteiger partial charge in [-0.05, 0) is 33.1 Å². The van der Waals surface area contributed by atoms with Crippen LogP contribution in [0.5, 0.6) is 0 Å². The summed E-state index contributed by atoms with van der Waals surface area (Å²) in [5, 5.41) is 9.77. The lowest BCUT2D eigenvalue weighted by atomic mass is 10.2. The molecule has 0 bridgehead atoms. The predicted octanol–water partition coefficient (Wildman–Crippen LogP) is 3.75. The van der Waals surface area contributed by atoms with Crippen LogP contribution >= 0.6 is 35.3 Å². The molecule has 5 nitrogen and oxygen atoms in total. The minimum Gasteiger partial charge on any atom is -0.379 e. The molecule has 0 spiro atoms. The maximum Gasteiger partial charge on any atom is 0.191 e. The standard InChI is InChI=1S/C16H30N4OS.HI/c1-6-17-16(18-8-7-9-21-13(4)5)19-10-15-20-14(11-22-15)12(2)3;/h11-13H,6-10H2,1-5H3,(H2,17,18,19);1H. The molecule has 0 fully saturated rings. The van der Waals surface area contributed by atoms with Crippen molar-refractivity contribution >= 4 is 41.3 Å². The Kier molecular flexibility index (Phi) is 12.7. The summed E-state index contributed by atoms with van der Waals surface area (Å²) in [6, 6.07) is 0. The Bertz CT molecular complexity index is 449. The van der Waals surface area contributed by atoms with Crippen LogP contribution < -0.4 is 10.6 Å². The van der Waals surface area contributed by atoms with Gasteiger partial charge in [0.1, 0.15) is 5.01 Å². The molecule has 1 heterocycles. The Morgan fingerprint density at radius 2 is 2.04 bits per heavy atom. The largest absolute Gasteiger partial charge is 0.379 e. The van der Waals surface area contributed by atoms with E-state index in [0.29, 0.717) is 18.6 Å². The number of hydrogen-bond acceptors (Lipinski definition) is 4. The van der Waals surface area contributed by atoms with Gasteiger partial charge in [0.15, 0.2) is 5.96 Å². The van der Waals surface area contributed by atoms with Gasteiger partial charge in [-0.2, -0.15) is 0 Å². The number of nitrogens with one attached hydrogen (secondary N) is 2. The molecular weight excluding hydrogens is 423 g/mol. The second-order valence-electron chi connectivity index (χ2n) is 5.72. The second kappa shape index (κ2) is 12.9. The number of rotatable bonds is 9. The molecule has 0 aliphatic heterocycles. The van der Waals surface area contributed by atoms with Crippen molar-refractivity contribution in [3.8, 4) is 0 Å². The third kappa shape index (κ3) is 10.1. The Labute approximate surface area is 161 Å². The maximum absolute atomic E-state index is 5.53. The summed E-state index contributed by atoms with van der Waals surface area (Å²) in [7, 11) is 0. The normalized spacial score (nSPS) is 11.7. The van der Waals surface area contributed by atoms with Crippen LogP contribution in [-0.4, -0.2) is 36.7 Å².